The first-order valence-electron chi connectivity index (χ1n) is 7.79. The molecule has 1 unspecified atom stereocenters. The van der Waals surface area contributed by atoms with Crippen LogP contribution in [-0.4, -0.2) is 37.2 Å². The molecule has 0 aliphatic heterocycles. The van der Waals surface area contributed by atoms with Gasteiger partial charge in [0, 0.05) is 10.0 Å². The van der Waals surface area contributed by atoms with Crippen LogP contribution in [0, 0.1) is 0 Å². The number of methoxy groups -OCH3 is 1. The quantitative estimate of drug-likeness (QED) is 0.709. The van der Waals surface area contributed by atoms with Gasteiger partial charge in [-0.1, -0.05) is 23.2 Å². The largest absolute Gasteiger partial charge is 0.469 e. The number of benzene rings is 1. The molecule has 0 aliphatic carbocycles. The molecule has 7 nitrogen and oxygen atoms in total. The number of ether oxygens (including phenoxy) is 2. The van der Waals surface area contributed by atoms with E-state index in [1.807, 2.05) is 0 Å². The zero-order chi connectivity index (χ0) is 19.9. The molecule has 0 radical (unpaired) electrons. The van der Waals surface area contributed by atoms with Crippen molar-refractivity contribution in [3.63, 3.8) is 0 Å². The molecule has 2 amide bonds. The van der Waals surface area contributed by atoms with Crippen LogP contribution in [-0.2, 0) is 19.1 Å². The molecule has 0 bridgehead atoms. The molecule has 144 valence electrons. The molecule has 1 aromatic rings. The molecule has 0 saturated carbocycles. The summed E-state index contributed by atoms with van der Waals surface area (Å²) < 4.78 is 9.70. The lowest BCUT2D eigenvalue weighted by atomic mass is 10.0. The van der Waals surface area contributed by atoms with Crippen molar-refractivity contribution >= 4 is 41.2 Å². The Labute approximate surface area is 162 Å². The zero-order valence-corrected chi connectivity index (χ0v) is 16.5. The number of rotatable bonds is 6. The molecule has 0 aliphatic rings. The second-order valence-electron chi connectivity index (χ2n) is 6.46. The van der Waals surface area contributed by atoms with Gasteiger partial charge in [-0.15, -0.1) is 0 Å². The summed E-state index contributed by atoms with van der Waals surface area (Å²) in [6, 6.07) is 3.99. The highest BCUT2D eigenvalue weighted by molar-refractivity contribution is 6.34. The summed E-state index contributed by atoms with van der Waals surface area (Å²) in [6.07, 6.45) is -0.839. The summed E-state index contributed by atoms with van der Waals surface area (Å²) in [4.78, 5) is 35.4. The summed E-state index contributed by atoms with van der Waals surface area (Å²) in [5, 5.41) is 5.72. The van der Waals surface area contributed by atoms with E-state index in [-0.39, 0.29) is 13.0 Å². The maximum atomic E-state index is 12.1. The van der Waals surface area contributed by atoms with Crippen LogP contribution in [0.1, 0.15) is 38.8 Å². The van der Waals surface area contributed by atoms with Crippen molar-refractivity contribution < 1.29 is 23.9 Å². The normalized spacial score (nSPS) is 12.1. The first-order chi connectivity index (χ1) is 12.0. The van der Waals surface area contributed by atoms with Crippen molar-refractivity contribution in [2.24, 2.45) is 0 Å². The highest BCUT2D eigenvalue weighted by Gasteiger charge is 2.21. The Balaban J connectivity index is 2.77. The van der Waals surface area contributed by atoms with E-state index in [1.165, 1.54) is 13.2 Å². The standard InChI is InChI=1S/C17H22Cl2N2O5/c1-17(2,3)26-16(24)20-9-14(22)21-13(8-15(23)25-4)10-5-11(18)7-12(19)6-10/h5-7,13H,8-9H2,1-4H3,(H,20,24)(H,21,22). The van der Waals surface area contributed by atoms with Crippen molar-refractivity contribution in [3.8, 4) is 0 Å². The molecule has 1 atom stereocenters. The molecule has 0 aromatic heterocycles. The average Bonchev–Trinajstić information content (AvgIpc) is 2.49. The number of amides is 2. The predicted molar refractivity (Wildman–Crippen MR) is 98.2 cm³/mol. The van der Waals surface area contributed by atoms with Crippen LogP contribution in [0.4, 0.5) is 4.79 Å². The van der Waals surface area contributed by atoms with Crippen LogP contribution in [0.5, 0.6) is 0 Å². The number of hydrogen-bond acceptors (Lipinski definition) is 5. The number of nitrogens with one attached hydrogen (secondary N) is 2. The smallest absolute Gasteiger partial charge is 0.408 e. The van der Waals surface area contributed by atoms with E-state index in [4.69, 9.17) is 27.9 Å². The van der Waals surface area contributed by atoms with Gasteiger partial charge in [0.05, 0.1) is 19.6 Å². The summed E-state index contributed by atoms with van der Waals surface area (Å²) in [7, 11) is 1.25. The Hall–Kier alpha value is -1.99. The van der Waals surface area contributed by atoms with Crippen LogP contribution in [0.2, 0.25) is 10.0 Å². The summed E-state index contributed by atoms with van der Waals surface area (Å²) in [5.41, 5.74) is -0.135. The van der Waals surface area contributed by atoms with Crippen molar-refractivity contribution in [1.29, 1.82) is 0 Å². The molecule has 0 heterocycles. The van der Waals surface area contributed by atoms with E-state index < -0.39 is 29.6 Å². The molecule has 26 heavy (non-hydrogen) atoms. The van der Waals surface area contributed by atoms with Crippen LogP contribution in [0.15, 0.2) is 18.2 Å². The van der Waals surface area contributed by atoms with E-state index in [1.54, 1.807) is 32.9 Å². The highest BCUT2D eigenvalue weighted by Crippen LogP contribution is 2.25. The van der Waals surface area contributed by atoms with Gasteiger partial charge in [-0.2, -0.15) is 0 Å². The second-order valence-corrected chi connectivity index (χ2v) is 7.33. The summed E-state index contributed by atoms with van der Waals surface area (Å²) in [6.45, 7) is 4.81. The Morgan fingerprint density at radius 1 is 1.12 bits per heavy atom. The predicted octanol–water partition coefficient (Wildman–Crippen LogP) is 3.24. The fraction of sp³-hybridized carbons (Fsp3) is 0.471. The lowest BCUT2D eigenvalue weighted by Crippen LogP contribution is -2.41. The van der Waals surface area contributed by atoms with E-state index in [0.717, 1.165) is 0 Å². The minimum atomic E-state index is -0.719. The van der Waals surface area contributed by atoms with Crippen molar-refractivity contribution in [3.05, 3.63) is 33.8 Å². The van der Waals surface area contributed by atoms with Gasteiger partial charge in [-0.3, -0.25) is 9.59 Å². The monoisotopic (exact) mass is 404 g/mol. The van der Waals surface area contributed by atoms with Crippen LogP contribution in [0.3, 0.4) is 0 Å². The SMILES string of the molecule is COC(=O)CC(NC(=O)CNC(=O)OC(C)(C)C)c1cc(Cl)cc(Cl)c1. The fourth-order valence-electron chi connectivity index (χ4n) is 1.99. The van der Waals surface area contributed by atoms with Crippen LogP contribution in [0.25, 0.3) is 0 Å². The van der Waals surface area contributed by atoms with Gasteiger partial charge in [0.1, 0.15) is 12.1 Å². The molecular weight excluding hydrogens is 383 g/mol. The maximum Gasteiger partial charge on any atom is 0.408 e. The third kappa shape index (κ3) is 8.40. The third-order valence-corrected chi connectivity index (χ3v) is 3.45. The number of halogens is 2. The zero-order valence-electron chi connectivity index (χ0n) is 15.0. The number of hydrogen-bond donors (Lipinski definition) is 2. The topological polar surface area (TPSA) is 93.7 Å². The van der Waals surface area contributed by atoms with Gasteiger partial charge in [0.15, 0.2) is 0 Å². The number of carbonyl (C=O) groups is 3. The average molecular weight is 405 g/mol. The first-order valence-corrected chi connectivity index (χ1v) is 8.55. The molecular formula is C17H22Cl2N2O5. The number of carbonyl (C=O) groups excluding carboxylic acids is 3. The van der Waals surface area contributed by atoms with Gasteiger partial charge in [-0.05, 0) is 44.5 Å². The van der Waals surface area contributed by atoms with E-state index in [0.29, 0.717) is 15.6 Å². The minimum Gasteiger partial charge on any atom is -0.469 e. The van der Waals surface area contributed by atoms with Crippen LogP contribution < -0.4 is 10.6 Å². The summed E-state index contributed by atoms with van der Waals surface area (Å²) >= 11 is 12.0. The minimum absolute atomic E-state index is 0.120. The van der Waals surface area contributed by atoms with Gasteiger partial charge >= 0.3 is 12.1 Å². The lowest BCUT2D eigenvalue weighted by Gasteiger charge is -2.21. The fourth-order valence-corrected chi connectivity index (χ4v) is 2.53. The first kappa shape index (κ1) is 22.1. The molecule has 9 heteroatoms. The second kappa shape index (κ2) is 9.64. The van der Waals surface area contributed by atoms with Crippen molar-refractivity contribution in [2.45, 2.75) is 38.8 Å². The highest BCUT2D eigenvalue weighted by atomic mass is 35.5. The Morgan fingerprint density at radius 3 is 2.19 bits per heavy atom. The van der Waals surface area contributed by atoms with E-state index in [2.05, 4.69) is 15.4 Å². The van der Waals surface area contributed by atoms with E-state index in [9.17, 15) is 14.4 Å². The van der Waals surface area contributed by atoms with Crippen molar-refractivity contribution in [2.75, 3.05) is 13.7 Å². The van der Waals surface area contributed by atoms with Gasteiger partial charge < -0.3 is 20.1 Å². The lowest BCUT2D eigenvalue weighted by molar-refractivity contribution is -0.141. The molecule has 0 saturated heterocycles. The van der Waals surface area contributed by atoms with E-state index >= 15 is 0 Å². The Bertz CT molecular complexity index is 653. The summed E-state index contributed by atoms with van der Waals surface area (Å²) in [5.74, 6) is -1.03. The Kier molecular flexibility index (Phi) is 8.17. The Morgan fingerprint density at radius 2 is 1.69 bits per heavy atom. The van der Waals surface area contributed by atoms with Gasteiger partial charge in [0.25, 0.3) is 0 Å². The third-order valence-electron chi connectivity index (χ3n) is 3.01. The number of alkyl carbamates (subject to hydrolysis) is 1. The molecule has 1 rings (SSSR count). The van der Waals surface area contributed by atoms with Crippen molar-refractivity contribution in [1.82, 2.24) is 10.6 Å². The molecule has 0 fully saturated rings. The number of esters is 1. The van der Waals surface area contributed by atoms with Gasteiger partial charge in [-0.25, -0.2) is 4.79 Å². The van der Waals surface area contributed by atoms with Crippen LogP contribution >= 0.6 is 23.2 Å². The maximum absolute atomic E-state index is 12.1. The molecule has 2 N–H and O–H groups in total. The molecule has 1 aromatic carbocycles. The van der Waals surface area contributed by atoms with Gasteiger partial charge in [0.2, 0.25) is 5.91 Å². The molecule has 0 spiro atoms.